The minimum Gasteiger partial charge on any atom is -0.338 e. The zero-order valence-electron chi connectivity index (χ0n) is 13.7. The van der Waals surface area contributed by atoms with Gasteiger partial charge < -0.3 is 5.32 Å². The SMILES string of the molecule is Cc1ccc2c(Nc3ccnc4ccc(S(C)(=O)=O)cc34)n[nH]c2c1. The number of benzene rings is 2. The van der Waals surface area contributed by atoms with Crippen LogP contribution in [0, 0.1) is 6.92 Å². The van der Waals surface area contributed by atoms with E-state index in [2.05, 4.69) is 20.5 Å². The van der Waals surface area contributed by atoms with Crippen molar-refractivity contribution in [2.75, 3.05) is 11.6 Å². The molecule has 25 heavy (non-hydrogen) atoms. The molecule has 0 amide bonds. The van der Waals surface area contributed by atoms with E-state index in [0.29, 0.717) is 11.3 Å². The average Bonchev–Trinajstić information content (AvgIpc) is 2.96. The minimum atomic E-state index is -3.29. The molecule has 2 N–H and O–H groups in total. The highest BCUT2D eigenvalue weighted by Gasteiger charge is 2.12. The van der Waals surface area contributed by atoms with E-state index in [9.17, 15) is 8.42 Å². The Labute approximate surface area is 144 Å². The molecular weight excluding hydrogens is 336 g/mol. The molecule has 0 radical (unpaired) electrons. The van der Waals surface area contributed by atoms with Gasteiger partial charge in [0, 0.05) is 23.2 Å². The zero-order valence-corrected chi connectivity index (χ0v) is 14.6. The first-order valence-corrected chi connectivity index (χ1v) is 9.61. The number of pyridine rings is 1. The smallest absolute Gasteiger partial charge is 0.175 e. The molecule has 4 aromatic rings. The predicted octanol–water partition coefficient (Wildman–Crippen LogP) is 3.57. The molecule has 0 aliphatic heterocycles. The van der Waals surface area contributed by atoms with Crippen LogP contribution in [0.3, 0.4) is 0 Å². The molecular formula is C18H16N4O2S. The maximum absolute atomic E-state index is 11.9. The molecule has 0 saturated carbocycles. The Kier molecular flexibility index (Phi) is 3.47. The van der Waals surface area contributed by atoms with E-state index < -0.39 is 9.84 Å². The second-order valence-electron chi connectivity index (χ2n) is 6.06. The lowest BCUT2D eigenvalue weighted by molar-refractivity contribution is 0.602. The molecule has 0 saturated heterocycles. The molecule has 2 aromatic carbocycles. The van der Waals surface area contributed by atoms with E-state index >= 15 is 0 Å². The van der Waals surface area contributed by atoms with Crippen LogP contribution in [-0.2, 0) is 9.84 Å². The van der Waals surface area contributed by atoms with Gasteiger partial charge in [-0.25, -0.2) is 8.42 Å². The monoisotopic (exact) mass is 352 g/mol. The number of nitrogens with one attached hydrogen (secondary N) is 2. The molecule has 0 spiro atoms. The fraction of sp³-hybridized carbons (Fsp3) is 0.111. The van der Waals surface area contributed by atoms with Crippen LogP contribution in [0.1, 0.15) is 5.56 Å². The number of sulfone groups is 1. The molecule has 0 unspecified atom stereocenters. The Morgan fingerprint density at radius 1 is 1.04 bits per heavy atom. The summed E-state index contributed by atoms with van der Waals surface area (Å²) in [6.45, 7) is 2.02. The van der Waals surface area contributed by atoms with Crippen LogP contribution in [0.2, 0.25) is 0 Å². The number of aryl methyl sites for hydroxylation is 1. The molecule has 2 heterocycles. The molecule has 7 heteroatoms. The third-order valence-corrected chi connectivity index (χ3v) is 5.22. The van der Waals surface area contributed by atoms with E-state index in [1.165, 1.54) is 6.26 Å². The maximum Gasteiger partial charge on any atom is 0.175 e. The van der Waals surface area contributed by atoms with E-state index in [1.807, 2.05) is 31.2 Å². The van der Waals surface area contributed by atoms with Crippen molar-refractivity contribution in [3.63, 3.8) is 0 Å². The van der Waals surface area contributed by atoms with Crippen LogP contribution in [-0.4, -0.2) is 29.9 Å². The molecule has 4 rings (SSSR count). The Hall–Kier alpha value is -2.93. The largest absolute Gasteiger partial charge is 0.338 e. The van der Waals surface area contributed by atoms with Gasteiger partial charge in [0.1, 0.15) is 0 Å². The van der Waals surface area contributed by atoms with Gasteiger partial charge in [0.05, 0.1) is 21.6 Å². The summed E-state index contributed by atoms with van der Waals surface area (Å²) in [6.07, 6.45) is 2.88. The summed E-state index contributed by atoms with van der Waals surface area (Å²) < 4.78 is 23.7. The fourth-order valence-electron chi connectivity index (χ4n) is 2.82. The maximum atomic E-state index is 11.9. The lowest BCUT2D eigenvalue weighted by atomic mass is 10.1. The fourth-order valence-corrected chi connectivity index (χ4v) is 3.47. The number of hydrogen-bond donors (Lipinski definition) is 2. The second-order valence-corrected chi connectivity index (χ2v) is 8.07. The number of fused-ring (bicyclic) bond motifs is 2. The van der Waals surface area contributed by atoms with Gasteiger partial charge in [0.15, 0.2) is 15.7 Å². The van der Waals surface area contributed by atoms with Crippen LogP contribution < -0.4 is 5.32 Å². The molecule has 0 aliphatic rings. The number of nitrogens with zero attached hydrogens (tertiary/aromatic N) is 2. The van der Waals surface area contributed by atoms with Gasteiger partial charge >= 0.3 is 0 Å². The van der Waals surface area contributed by atoms with Crippen molar-refractivity contribution in [3.05, 3.63) is 54.2 Å². The predicted molar refractivity (Wildman–Crippen MR) is 99.0 cm³/mol. The van der Waals surface area contributed by atoms with Crippen LogP contribution >= 0.6 is 0 Å². The van der Waals surface area contributed by atoms with Gasteiger partial charge in [-0.15, -0.1) is 0 Å². The second kappa shape index (κ2) is 5.56. The van der Waals surface area contributed by atoms with Crippen LogP contribution in [0.5, 0.6) is 0 Å². The van der Waals surface area contributed by atoms with Gasteiger partial charge in [-0.05, 0) is 48.9 Å². The van der Waals surface area contributed by atoms with Gasteiger partial charge in [0.25, 0.3) is 0 Å². The Morgan fingerprint density at radius 3 is 2.68 bits per heavy atom. The normalized spacial score (nSPS) is 11.9. The first-order valence-electron chi connectivity index (χ1n) is 7.72. The molecule has 0 bridgehead atoms. The van der Waals surface area contributed by atoms with Crippen molar-refractivity contribution in [2.24, 2.45) is 0 Å². The summed E-state index contributed by atoms with van der Waals surface area (Å²) in [6, 6.07) is 12.8. The van der Waals surface area contributed by atoms with E-state index in [0.717, 1.165) is 27.5 Å². The summed E-state index contributed by atoms with van der Waals surface area (Å²) in [7, 11) is -3.29. The highest BCUT2D eigenvalue weighted by molar-refractivity contribution is 7.90. The van der Waals surface area contributed by atoms with Crippen molar-refractivity contribution in [2.45, 2.75) is 11.8 Å². The van der Waals surface area contributed by atoms with Crippen LogP contribution in [0.15, 0.2) is 53.6 Å². The number of aromatic nitrogens is 3. The lowest BCUT2D eigenvalue weighted by Gasteiger charge is -2.09. The summed E-state index contributed by atoms with van der Waals surface area (Å²) in [5.74, 6) is 0.687. The van der Waals surface area contributed by atoms with Gasteiger partial charge in [0.2, 0.25) is 0 Å². The lowest BCUT2D eigenvalue weighted by Crippen LogP contribution is -1.98. The van der Waals surface area contributed by atoms with Crippen LogP contribution in [0.4, 0.5) is 11.5 Å². The van der Waals surface area contributed by atoms with E-state index in [4.69, 9.17) is 0 Å². The molecule has 0 aliphatic carbocycles. The molecule has 0 atom stereocenters. The number of rotatable bonds is 3. The van der Waals surface area contributed by atoms with Crippen molar-refractivity contribution < 1.29 is 8.42 Å². The third kappa shape index (κ3) is 2.83. The first kappa shape index (κ1) is 15.6. The molecule has 6 nitrogen and oxygen atoms in total. The number of hydrogen-bond acceptors (Lipinski definition) is 5. The van der Waals surface area contributed by atoms with Gasteiger partial charge in [-0.3, -0.25) is 10.1 Å². The summed E-state index contributed by atoms with van der Waals surface area (Å²) in [5, 5.41) is 12.3. The Bertz CT molecular complexity index is 1210. The number of H-pyrrole nitrogens is 1. The highest BCUT2D eigenvalue weighted by Crippen LogP contribution is 2.29. The van der Waals surface area contributed by atoms with Crippen LogP contribution in [0.25, 0.3) is 21.8 Å². The topological polar surface area (TPSA) is 87.7 Å². The molecule has 0 fully saturated rings. The van der Waals surface area contributed by atoms with Gasteiger partial charge in [-0.2, -0.15) is 5.10 Å². The van der Waals surface area contributed by atoms with E-state index in [-0.39, 0.29) is 4.90 Å². The highest BCUT2D eigenvalue weighted by atomic mass is 32.2. The minimum absolute atomic E-state index is 0.263. The molecule has 126 valence electrons. The van der Waals surface area contributed by atoms with E-state index in [1.54, 1.807) is 24.4 Å². The number of anilines is 2. The summed E-state index contributed by atoms with van der Waals surface area (Å²) in [5.41, 5.74) is 3.56. The quantitative estimate of drug-likeness (QED) is 0.588. The van der Waals surface area contributed by atoms with Crippen molar-refractivity contribution in [1.82, 2.24) is 15.2 Å². The zero-order chi connectivity index (χ0) is 17.6. The van der Waals surface area contributed by atoms with Crippen molar-refractivity contribution in [3.8, 4) is 0 Å². The molecule has 2 aromatic heterocycles. The third-order valence-electron chi connectivity index (χ3n) is 4.11. The van der Waals surface area contributed by atoms with Crippen molar-refractivity contribution in [1.29, 1.82) is 0 Å². The first-order chi connectivity index (χ1) is 11.9. The van der Waals surface area contributed by atoms with Gasteiger partial charge in [-0.1, -0.05) is 6.07 Å². The Morgan fingerprint density at radius 2 is 1.88 bits per heavy atom. The Balaban J connectivity index is 1.85. The average molecular weight is 352 g/mol. The standard InChI is InChI=1S/C18H16N4O2S/c1-11-3-5-13-17(9-11)21-22-18(13)20-16-7-8-19-15-6-4-12(10-14(15)16)25(2,23)24/h3-10H,1-2H3,(H2,19,20,21,22). The van der Waals surface area contributed by atoms with Crippen molar-refractivity contribution >= 4 is 43.1 Å². The summed E-state index contributed by atoms with van der Waals surface area (Å²) in [4.78, 5) is 4.57. The summed E-state index contributed by atoms with van der Waals surface area (Å²) >= 11 is 0. The number of aromatic amines is 1.